The molecule has 0 aromatic heterocycles. The van der Waals surface area contributed by atoms with E-state index >= 15 is 0 Å². The van der Waals surface area contributed by atoms with Gasteiger partial charge in [-0.2, -0.15) is 0 Å². The molecule has 0 unspecified atom stereocenters. The SMILES string of the molecule is COCCNC(=S)Nc1ccc([N+](=O)[O-])cc1OC. The van der Waals surface area contributed by atoms with Crippen molar-refractivity contribution in [3.63, 3.8) is 0 Å². The zero-order valence-electron chi connectivity index (χ0n) is 10.6. The van der Waals surface area contributed by atoms with Crippen LogP contribution < -0.4 is 15.4 Å². The predicted octanol–water partition coefficient (Wildman–Crippen LogP) is 1.54. The maximum atomic E-state index is 10.7. The van der Waals surface area contributed by atoms with E-state index in [1.54, 1.807) is 13.2 Å². The van der Waals surface area contributed by atoms with Crippen LogP contribution in [0.5, 0.6) is 5.75 Å². The monoisotopic (exact) mass is 285 g/mol. The van der Waals surface area contributed by atoms with Gasteiger partial charge in [0.2, 0.25) is 0 Å². The molecule has 1 aromatic carbocycles. The number of nitrogens with zero attached hydrogens (tertiary/aromatic N) is 1. The van der Waals surface area contributed by atoms with E-state index in [0.29, 0.717) is 29.7 Å². The molecule has 0 aliphatic heterocycles. The number of hydrogen-bond acceptors (Lipinski definition) is 5. The van der Waals surface area contributed by atoms with Gasteiger partial charge in [-0.15, -0.1) is 0 Å². The Kier molecular flexibility index (Phi) is 5.97. The molecule has 0 spiro atoms. The highest BCUT2D eigenvalue weighted by Gasteiger charge is 2.11. The van der Waals surface area contributed by atoms with Gasteiger partial charge in [0.1, 0.15) is 5.75 Å². The van der Waals surface area contributed by atoms with Crippen LogP contribution in [0.4, 0.5) is 11.4 Å². The van der Waals surface area contributed by atoms with E-state index in [1.165, 1.54) is 19.2 Å². The highest BCUT2D eigenvalue weighted by Crippen LogP contribution is 2.28. The molecule has 0 atom stereocenters. The molecule has 8 heteroatoms. The first-order valence-corrected chi connectivity index (χ1v) is 5.85. The quantitative estimate of drug-likeness (QED) is 0.355. The Balaban J connectivity index is 2.72. The molecule has 19 heavy (non-hydrogen) atoms. The Morgan fingerprint density at radius 3 is 2.79 bits per heavy atom. The van der Waals surface area contributed by atoms with Gasteiger partial charge >= 0.3 is 0 Å². The number of nitro groups is 1. The standard InChI is InChI=1S/C11H15N3O4S/c1-17-6-5-12-11(19)13-9-4-3-8(14(15)16)7-10(9)18-2/h3-4,7H,5-6H2,1-2H3,(H2,12,13,19). The molecule has 0 bridgehead atoms. The number of thiocarbonyl (C=S) groups is 1. The van der Waals surface area contributed by atoms with Crippen molar-refractivity contribution < 1.29 is 14.4 Å². The number of anilines is 1. The molecule has 2 N–H and O–H groups in total. The first-order chi connectivity index (χ1) is 9.08. The van der Waals surface area contributed by atoms with Crippen molar-refractivity contribution >= 4 is 28.7 Å². The summed E-state index contributed by atoms with van der Waals surface area (Å²) in [5, 5.41) is 16.9. The van der Waals surface area contributed by atoms with E-state index in [1.807, 2.05) is 0 Å². The van der Waals surface area contributed by atoms with Crippen molar-refractivity contribution in [2.45, 2.75) is 0 Å². The summed E-state index contributed by atoms with van der Waals surface area (Å²) in [6.07, 6.45) is 0. The Morgan fingerprint density at radius 2 is 2.21 bits per heavy atom. The van der Waals surface area contributed by atoms with Crippen LogP contribution in [0.3, 0.4) is 0 Å². The average Bonchev–Trinajstić information content (AvgIpc) is 2.39. The fraction of sp³-hybridized carbons (Fsp3) is 0.364. The molecule has 0 heterocycles. The number of non-ortho nitro benzene ring substituents is 1. The molecule has 0 radical (unpaired) electrons. The maximum absolute atomic E-state index is 10.7. The lowest BCUT2D eigenvalue weighted by molar-refractivity contribution is -0.384. The second-order valence-corrected chi connectivity index (χ2v) is 3.92. The molecule has 0 saturated carbocycles. The summed E-state index contributed by atoms with van der Waals surface area (Å²) in [5.74, 6) is 0.352. The van der Waals surface area contributed by atoms with Gasteiger partial charge in [0.15, 0.2) is 5.11 Å². The number of hydrogen-bond donors (Lipinski definition) is 2. The van der Waals surface area contributed by atoms with Gasteiger partial charge < -0.3 is 20.1 Å². The first kappa shape index (κ1) is 15.1. The molecule has 0 aliphatic carbocycles. The van der Waals surface area contributed by atoms with Crippen LogP contribution in [0.1, 0.15) is 0 Å². The highest BCUT2D eigenvalue weighted by molar-refractivity contribution is 7.80. The smallest absolute Gasteiger partial charge is 0.273 e. The summed E-state index contributed by atoms with van der Waals surface area (Å²) in [6.45, 7) is 1.09. The van der Waals surface area contributed by atoms with E-state index < -0.39 is 4.92 Å². The minimum atomic E-state index is -0.485. The topological polar surface area (TPSA) is 85.7 Å². The van der Waals surface area contributed by atoms with Crippen LogP contribution in [0.2, 0.25) is 0 Å². The second-order valence-electron chi connectivity index (χ2n) is 3.52. The van der Waals surface area contributed by atoms with Crippen molar-refractivity contribution in [3.8, 4) is 5.75 Å². The number of nitro benzene ring substituents is 1. The van der Waals surface area contributed by atoms with Crippen LogP contribution in [0.25, 0.3) is 0 Å². The first-order valence-electron chi connectivity index (χ1n) is 5.44. The van der Waals surface area contributed by atoms with Crippen molar-refractivity contribution in [1.29, 1.82) is 0 Å². The third-order valence-corrected chi connectivity index (χ3v) is 2.48. The minimum absolute atomic E-state index is 0.0411. The molecule has 0 saturated heterocycles. The highest BCUT2D eigenvalue weighted by atomic mass is 32.1. The van der Waals surface area contributed by atoms with Crippen molar-refractivity contribution in [1.82, 2.24) is 5.32 Å². The largest absolute Gasteiger partial charge is 0.494 e. The molecular weight excluding hydrogens is 270 g/mol. The van der Waals surface area contributed by atoms with Gasteiger partial charge in [-0.1, -0.05) is 0 Å². The van der Waals surface area contributed by atoms with Gasteiger partial charge in [-0.3, -0.25) is 10.1 Å². The number of benzene rings is 1. The van der Waals surface area contributed by atoms with Crippen molar-refractivity contribution in [2.75, 3.05) is 32.7 Å². The third-order valence-electron chi connectivity index (χ3n) is 2.24. The van der Waals surface area contributed by atoms with Crippen LogP contribution in [-0.4, -0.2) is 37.4 Å². The lowest BCUT2D eigenvalue weighted by Crippen LogP contribution is -2.31. The van der Waals surface area contributed by atoms with E-state index in [-0.39, 0.29) is 5.69 Å². The molecule has 7 nitrogen and oxygen atoms in total. The van der Waals surface area contributed by atoms with E-state index in [4.69, 9.17) is 21.7 Å². The lowest BCUT2D eigenvalue weighted by Gasteiger charge is -2.12. The van der Waals surface area contributed by atoms with Crippen molar-refractivity contribution in [2.24, 2.45) is 0 Å². The molecule has 0 fully saturated rings. The number of ether oxygens (including phenoxy) is 2. The summed E-state index contributed by atoms with van der Waals surface area (Å²) in [5.41, 5.74) is 0.517. The predicted molar refractivity (Wildman–Crippen MR) is 75.7 cm³/mol. The molecular formula is C11H15N3O4S. The zero-order valence-corrected chi connectivity index (χ0v) is 11.5. The summed E-state index contributed by atoms with van der Waals surface area (Å²) in [7, 11) is 3.03. The normalized spacial score (nSPS) is 9.79. The molecule has 104 valence electrons. The Hall–Kier alpha value is -1.93. The number of nitrogens with one attached hydrogen (secondary N) is 2. The summed E-state index contributed by atoms with van der Waals surface area (Å²) in [6, 6.07) is 4.25. The van der Waals surface area contributed by atoms with E-state index in [9.17, 15) is 10.1 Å². The molecule has 0 amide bonds. The maximum Gasteiger partial charge on any atom is 0.273 e. The van der Waals surface area contributed by atoms with Gasteiger partial charge in [0, 0.05) is 19.7 Å². The van der Waals surface area contributed by atoms with E-state index in [2.05, 4.69) is 10.6 Å². The molecule has 1 aromatic rings. The minimum Gasteiger partial charge on any atom is -0.494 e. The Bertz CT molecular complexity index is 467. The fourth-order valence-electron chi connectivity index (χ4n) is 1.33. The number of methoxy groups -OCH3 is 2. The van der Waals surface area contributed by atoms with Gasteiger partial charge in [0.05, 0.1) is 30.4 Å². The second kappa shape index (κ2) is 7.49. The average molecular weight is 285 g/mol. The van der Waals surface area contributed by atoms with Gasteiger partial charge in [0.25, 0.3) is 5.69 Å². The summed E-state index contributed by atoms with van der Waals surface area (Å²) >= 11 is 5.07. The van der Waals surface area contributed by atoms with E-state index in [0.717, 1.165) is 0 Å². The third kappa shape index (κ3) is 4.68. The van der Waals surface area contributed by atoms with Crippen LogP contribution >= 0.6 is 12.2 Å². The molecule has 0 aliphatic rings. The molecule has 1 rings (SSSR count). The lowest BCUT2D eigenvalue weighted by atomic mass is 10.2. The summed E-state index contributed by atoms with van der Waals surface area (Å²) in [4.78, 5) is 10.2. The number of rotatable bonds is 6. The van der Waals surface area contributed by atoms with Gasteiger partial charge in [-0.25, -0.2) is 0 Å². The fourth-order valence-corrected chi connectivity index (χ4v) is 1.54. The summed E-state index contributed by atoms with van der Waals surface area (Å²) < 4.78 is 9.96. The van der Waals surface area contributed by atoms with Crippen LogP contribution in [0.15, 0.2) is 18.2 Å². The zero-order chi connectivity index (χ0) is 14.3. The van der Waals surface area contributed by atoms with Gasteiger partial charge in [-0.05, 0) is 18.3 Å². The van der Waals surface area contributed by atoms with Crippen LogP contribution in [-0.2, 0) is 4.74 Å². The Morgan fingerprint density at radius 1 is 1.47 bits per heavy atom. The Labute approximate surface area is 116 Å². The van der Waals surface area contributed by atoms with Crippen molar-refractivity contribution in [3.05, 3.63) is 28.3 Å². The van der Waals surface area contributed by atoms with Crippen LogP contribution in [0, 0.1) is 10.1 Å².